The van der Waals surface area contributed by atoms with Crippen molar-refractivity contribution < 1.29 is 19.4 Å². The summed E-state index contributed by atoms with van der Waals surface area (Å²) in [6.07, 6.45) is 0.849. The van der Waals surface area contributed by atoms with E-state index in [-0.39, 0.29) is 12.3 Å². The summed E-state index contributed by atoms with van der Waals surface area (Å²) in [6.45, 7) is 0.490. The Hall–Kier alpha value is -1.40. The van der Waals surface area contributed by atoms with Gasteiger partial charge in [-0.1, -0.05) is 6.07 Å². The molecule has 1 atom stereocenters. The highest BCUT2D eigenvalue weighted by molar-refractivity contribution is 7.10. The maximum atomic E-state index is 11.5. The Kier molecular flexibility index (Phi) is 5.65. The molecule has 1 amide bonds. The van der Waals surface area contributed by atoms with Gasteiger partial charge in [0.25, 0.3) is 0 Å². The third kappa shape index (κ3) is 4.54. The maximum Gasteiger partial charge on any atom is 0.331 e. The summed E-state index contributed by atoms with van der Waals surface area (Å²) in [7, 11) is 1.56. The van der Waals surface area contributed by atoms with Crippen LogP contribution in [0, 0.1) is 0 Å². The van der Waals surface area contributed by atoms with Gasteiger partial charge in [-0.05, 0) is 17.9 Å². The molecule has 0 aliphatic rings. The Morgan fingerprint density at radius 2 is 2.35 bits per heavy atom. The van der Waals surface area contributed by atoms with Crippen LogP contribution in [0.2, 0.25) is 0 Å². The van der Waals surface area contributed by atoms with Crippen molar-refractivity contribution in [3.63, 3.8) is 0 Å². The molecule has 1 unspecified atom stereocenters. The van der Waals surface area contributed by atoms with Crippen molar-refractivity contribution in [2.75, 3.05) is 13.7 Å². The lowest BCUT2D eigenvalue weighted by Gasteiger charge is -2.12. The summed E-state index contributed by atoms with van der Waals surface area (Å²) in [4.78, 5) is 23.2. The first-order valence-corrected chi connectivity index (χ1v) is 6.07. The minimum atomic E-state index is -1.05. The van der Waals surface area contributed by atoms with Gasteiger partial charge in [-0.2, -0.15) is 0 Å². The molecular weight excluding hydrogens is 242 g/mol. The Morgan fingerprint density at radius 3 is 2.88 bits per heavy atom. The van der Waals surface area contributed by atoms with Gasteiger partial charge >= 0.3 is 5.97 Å². The van der Waals surface area contributed by atoms with Crippen molar-refractivity contribution >= 4 is 23.2 Å². The third-order valence-corrected chi connectivity index (χ3v) is 3.07. The van der Waals surface area contributed by atoms with Crippen LogP contribution < -0.4 is 5.32 Å². The highest BCUT2D eigenvalue weighted by atomic mass is 32.1. The highest BCUT2D eigenvalue weighted by Crippen LogP contribution is 2.19. The van der Waals surface area contributed by atoms with Gasteiger partial charge in [-0.3, -0.25) is 4.79 Å². The van der Waals surface area contributed by atoms with Gasteiger partial charge in [0.1, 0.15) is 0 Å². The van der Waals surface area contributed by atoms with Crippen molar-refractivity contribution in [1.29, 1.82) is 0 Å². The molecule has 0 spiro atoms. The second-order valence-corrected chi connectivity index (χ2v) is 4.43. The van der Waals surface area contributed by atoms with Gasteiger partial charge in [0.15, 0.2) is 6.04 Å². The SMILES string of the molecule is COCCCC(=O)NC(C(=O)O)c1cccs1. The van der Waals surface area contributed by atoms with Crippen molar-refractivity contribution in [3.8, 4) is 0 Å². The van der Waals surface area contributed by atoms with Crippen molar-refractivity contribution in [3.05, 3.63) is 22.4 Å². The van der Waals surface area contributed by atoms with Crippen molar-refractivity contribution in [2.45, 2.75) is 18.9 Å². The van der Waals surface area contributed by atoms with E-state index in [4.69, 9.17) is 9.84 Å². The standard InChI is InChI=1S/C11H15NO4S/c1-16-6-2-5-9(13)12-10(11(14)15)8-4-3-7-17-8/h3-4,7,10H,2,5-6H2,1H3,(H,12,13)(H,14,15). The average Bonchev–Trinajstić information content (AvgIpc) is 2.79. The molecule has 0 saturated carbocycles. The molecule has 6 heteroatoms. The number of ether oxygens (including phenoxy) is 1. The van der Waals surface area contributed by atoms with Crippen molar-refractivity contribution in [1.82, 2.24) is 5.32 Å². The minimum absolute atomic E-state index is 0.267. The van der Waals surface area contributed by atoms with E-state index in [1.54, 1.807) is 24.6 Å². The van der Waals surface area contributed by atoms with Gasteiger partial charge < -0.3 is 15.2 Å². The lowest BCUT2D eigenvalue weighted by Crippen LogP contribution is -2.33. The molecule has 0 bridgehead atoms. The van der Waals surface area contributed by atoms with Crippen LogP contribution in [0.25, 0.3) is 0 Å². The van der Waals surface area contributed by atoms with E-state index < -0.39 is 12.0 Å². The fourth-order valence-corrected chi connectivity index (χ4v) is 2.09. The van der Waals surface area contributed by atoms with Crippen LogP contribution in [-0.4, -0.2) is 30.7 Å². The van der Waals surface area contributed by atoms with E-state index in [2.05, 4.69) is 5.32 Å². The first kappa shape index (κ1) is 13.7. The number of thiophene rings is 1. The second kappa shape index (κ2) is 7.03. The van der Waals surface area contributed by atoms with Crippen LogP contribution in [-0.2, 0) is 14.3 Å². The third-order valence-electron chi connectivity index (χ3n) is 2.13. The van der Waals surface area contributed by atoms with E-state index in [1.807, 2.05) is 0 Å². The molecule has 94 valence electrons. The number of carbonyl (C=O) groups excluding carboxylic acids is 1. The minimum Gasteiger partial charge on any atom is -0.479 e. The zero-order valence-electron chi connectivity index (χ0n) is 9.51. The molecule has 1 aromatic heterocycles. The number of hydrogen-bond donors (Lipinski definition) is 2. The number of carboxylic acid groups (broad SMARTS) is 1. The summed E-state index contributed by atoms with van der Waals surface area (Å²) in [6, 6.07) is 2.50. The lowest BCUT2D eigenvalue weighted by atomic mass is 10.2. The van der Waals surface area contributed by atoms with Gasteiger partial charge in [-0.15, -0.1) is 11.3 Å². The molecule has 0 radical (unpaired) electrons. The molecule has 5 nitrogen and oxygen atoms in total. The summed E-state index contributed by atoms with van der Waals surface area (Å²) in [5.74, 6) is -1.32. The van der Waals surface area contributed by atoms with Gasteiger partial charge in [0.2, 0.25) is 5.91 Å². The van der Waals surface area contributed by atoms with Gasteiger partial charge in [0.05, 0.1) is 0 Å². The number of rotatable bonds is 7. The molecule has 0 saturated heterocycles. The van der Waals surface area contributed by atoms with Crippen LogP contribution in [0.4, 0.5) is 0 Å². The summed E-state index contributed by atoms with van der Waals surface area (Å²) < 4.78 is 4.82. The molecule has 0 aliphatic carbocycles. The topological polar surface area (TPSA) is 75.6 Å². The number of aliphatic carboxylic acids is 1. The highest BCUT2D eigenvalue weighted by Gasteiger charge is 2.22. The predicted octanol–water partition coefficient (Wildman–Crippen LogP) is 1.42. The van der Waals surface area contributed by atoms with Crippen LogP contribution in [0.3, 0.4) is 0 Å². The number of hydrogen-bond acceptors (Lipinski definition) is 4. The molecule has 0 aliphatic heterocycles. The molecule has 1 heterocycles. The zero-order chi connectivity index (χ0) is 12.7. The number of carbonyl (C=O) groups is 2. The van der Waals surface area contributed by atoms with E-state index in [9.17, 15) is 9.59 Å². The second-order valence-electron chi connectivity index (χ2n) is 3.45. The van der Waals surface area contributed by atoms with E-state index in [0.29, 0.717) is 17.9 Å². The van der Waals surface area contributed by atoms with Crippen LogP contribution in [0.15, 0.2) is 17.5 Å². The quantitative estimate of drug-likeness (QED) is 0.724. The fraction of sp³-hybridized carbons (Fsp3) is 0.455. The zero-order valence-corrected chi connectivity index (χ0v) is 10.3. The Bertz CT molecular complexity index is 364. The van der Waals surface area contributed by atoms with E-state index >= 15 is 0 Å². The van der Waals surface area contributed by atoms with Crippen molar-refractivity contribution in [2.24, 2.45) is 0 Å². The average molecular weight is 257 g/mol. The van der Waals surface area contributed by atoms with Crippen LogP contribution >= 0.6 is 11.3 Å². The van der Waals surface area contributed by atoms with Crippen LogP contribution in [0.5, 0.6) is 0 Å². The Balaban J connectivity index is 2.51. The normalized spacial score (nSPS) is 12.1. The molecule has 0 aromatic carbocycles. The van der Waals surface area contributed by atoms with E-state index in [1.165, 1.54) is 11.3 Å². The van der Waals surface area contributed by atoms with Gasteiger partial charge in [-0.25, -0.2) is 4.79 Å². The number of amides is 1. The summed E-state index contributed by atoms with van der Waals surface area (Å²) in [5.41, 5.74) is 0. The lowest BCUT2D eigenvalue weighted by molar-refractivity contribution is -0.142. The smallest absolute Gasteiger partial charge is 0.331 e. The first-order valence-electron chi connectivity index (χ1n) is 5.19. The first-order chi connectivity index (χ1) is 8.15. The Labute approximate surface area is 103 Å². The van der Waals surface area contributed by atoms with E-state index in [0.717, 1.165) is 0 Å². The number of nitrogens with one attached hydrogen (secondary N) is 1. The molecule has 1 rings (SSSR count). The molecule has 1 aromatic rings. The molecule has 17 heavy (non-hydrogen) atoms. The monoisotopic (exact) mass is 257 g/mol. The summed E-state index contributed by atoms with van der Waals surface area (Å²) in [5, 5.41) is 13.3. The van der Waals surface area contributed by atoms with Crippen LogP contribution in [0.1, 0.15) is 23.8 Å². The molecule has 2 N–H and O–H groups in total. The summed E-state index contributed by atoms with van der Waals surface area (Å²) >= 11 is 1.31. The molecule has 0 fully saturated rings. The predicted molar refractivity (Wildman–Crippen MR) is 63.9 cm³/mol. The number of methoxy groups -OCH3 is 1. The largest absolute Gasteiger partial charge is 0.479 e. The maximum absolute atomic E-state index is 11.5. The fourth-order valence-electron chi connectivity index (χ4n) is 1.32. The molecular formula is C11H15NO4S. The van der Waals surface area contributed by atoms with Gasteiger partial charge in [0, 0.05) is 25.0 Å². The Morgan fingerprint density at radius 1 is 1.59 bits per heavy atom. The number of carboxylic acids is 1.